The minimum Gasteiger partial charge on any atom is -0.466 e. The zero-order valence-corrected chi connectivity index (χ0v) is 23.8. The number of nitrogens with zero attached hydrogens (tertiary/aromatic N) is 1. The number of allylic oxidation sites excluding steroid dienone is 2. The van der Waals surface area contributed by atoms with E-state index in [1.807, 2.05) is 54.6 Å². The van der Waals surface area contributed by atoms with Crippen LogP contribution >= 0.6 is 11.3 Å². The van der Waals surface area contributed by atoms with E-state index in [1.54, 1.807) is 20.8 Å². The number of rotatable bonds is 9. The molecule has 0 aliphatic carbocycles. The van der Waals surface area contributed by atoms with Gasteiger partial charge in [-0.2, -0.15) is 0 Å². The van der Waals surface area contributed by atoms with E-state index >= 15 is 0 Å². The molecule has 0 bridgehead atoms. The number of methoxy groups -OCH3 is 2. The molecule has 0 unspecified atom stereocenters. The molecule has 0 radical (unpaired) electrons. The molecular formula is C30H31N3O6S. The van der Waals surface area contributed by atoms with Gasteiger partial charge in [0.15, 0.2) is 10.8 Å². The van der Waals surface area contributed by atoms with Crippen molar-refractivity contribution >= 4 is 40.1 Å². The van der Waals surface area contributed by atoms with Crippen molar-refractivity contribution in [3.8, 4) is 0 Å². The van der Waals surface area contributed by atoms with Crippen LogP contribution in [0.1, 0.15) is 53.2 Å². The summed E-state index contributed by atoms with van der Waals surface area (Å²) < 4.78 is 15.5. The maximum Gasteiger partial charge on any atom is 0.358 e. The Morgan fingerprint density at radius 2 is 1.50 bits per heavy atom. The maximum atomic E-state index is 13.0. The Morgan fingerprint density at radius 3 is 2.10 bits per heavy atom. The van der Waals surface area contributed by atoms with Crippen molar-refractivity contribution in [1.29, 1.82) is 0 Å². The summed E-state index contributed by atoms with van der Waals surface area (Å²) >= 11 is 1.34. The fourth-order valence-electron chi connectivity index (χ4n) is 4.71. The van der Waals surface area contributed by atoms with E-state index in [-0.39, 0.29) is 12.3 Å². The van der Waals surface area contributed by atoms with Gasteiger partial charge >= 0.3 is 17.9 Å². The Labute approximate surface area is 236 Å². The average molecular weight is 562 g/mol. The minimum atomic E-state index is -0.780. The van der Waals surface area contributed by atoms with Gasteiger partial charge in [0.25, 0.3) is 0 Å². The summed E-state index contributed by atoms with van der Waals surface area (Å²) in [7, 11) is 2.60. The molecule has 0 amide bonds. The Hall–Kier alpha value is -4.44. The first kappa shape index (κ1) is 28.6. The number of ether oxygens (including phenoxy) is 3. The van der Waals surface area contributed by atoms with Crippen LogP contribution in [0, 0.1) is 0 Å². The van der Waals surface area contributed by atoms with Gasteiger partial charge < -0.3 is 24.8 Å². The van der Waals surface area contributed by atoms with E-state index in [9.17, 15) is 14.4 Å². The Morgan fingerprint density at radius 1 is 0.900 bits per heavy atom. The second-order valence-electron chi connectivity index (χ2n) is 9.00. The lowest BCUT2D eigenvalue weighted by Crippen LogP contribution is -2.32. The van der Waals surface area contributed by atoms with Gasteiger partial charge in [-0.15, -0.1) is 11.3 Å². The van der Waals surface area contributed by atoms with Crippen molar-refractivity contribution in [3.63, 3.8) is 0 Å². The van der Waals surface area contributed by atoms with Crippen LogP contribution in [0.2, 0.25) is 0 Å². The number of aromatic nitrogens is 1. The van der Waals surface area contributed by atoms with Gasteiger partial charge in [0, 0.05) is 28.4 Å². The molecule has 40 heavy (non-hydrogen) atoms. The summed E-state index contributed by atoms with van der Waals surface area (Å²) in [5.74, 6) is -2.41. The lowest BCUT2D eigenvalue weighted by Gasteiger charge is -2.31. The normalized spacial score (nSPS) is 13.5. The third kappa shape index (κ3) is 5.91. The predicted molar refractivity (Wildman–Crippen MR) is 152 cm³/mol. The lowest BCUT2D eigenvalue weighted by molar-refractivity contribution is -0.137. The number of thiazole rings is 1. The number of carbonyl (C=O) groups is 3. The summed E-state index contributed by atoms with van der Waals surface area (Å²) in [6, 6.07) is 17.1. The fraction of sp³-hybridized carbons (Fsp3) is 0.267. The van der Waals surface area contributed by atoms with Gasteiger partial charge in [-0.1, -0.05) is 48.5 Å². The summed E-state index contributed by atoms with van der Waals surface area (Å²) in [6.07, 6.45) is 0.507. The van der Waals surface area contributed by atoms with E-state index in [2.05, 4.69) is 15.6 Å². The van der Waals surface area contributed by atoms with Crippen LogP contribution < -0.4 is 10.6 Å². The van der Waals surface area contributed by atoms with Crippen LogP contribution in [0.5, 0.6) is 0 Å². The van der Waals surface area contributed by atoms with E-state index in [1.165, 1.54) is 25.6 Å². The molecule has 2 N–H and O–H groups in total. The molecular weight excluding hydrogens is 530 g/mol. The van der Waals surface area contributed by atoms with Gasteiger partial charge in [0.05, 0.1) is 37.9 Å². The fourth-order valence-corrected chi connectivity index (χ4v) is 5.70. The molecule has 4 rings (SSSR count). The molecule has 0 saturated heterocycles. The number of hydrogen-bond acceptors (Lipinski definition) is 10. The van der Waals surface area contributed by atoms with Gasteiger partial charge in [-0.25, -0.2) is 19.4 Å². The highest BCUT2D eigenvalue weighted by atomic mass is 32.1. The SMILES string of the molecule is CCOC(=O)c1nc(Nc2ccccc2C2C(C(=O)OC)=C(C)NC(C)=C2C(=O)OC)sc1Cc1ccccc1. The number of anilines is 2. The van der Waals surface area contributed by atoms with Crippen LogP contribution in [0.15, 0.2) is 77.1 Å². The quantitative estimate of drug-likeness (QED) is 0.267. The highest BCUT2D eigenvalue weighted by Gasteiger charge is 2.38. The first-order valence-electron chi connectivity index (χ1n) is 12.7. The summed E-state index contributed by atoms with van der Waals surface area (Å²) in [4.78, 5) is 44.1. The van der Waals surface area contributed by atoms with E-state index in [4.69, 9.17) is 14.2 Å². The number of hydrogen-bond donors (Lipinski definition) is 2. The minimum absolute atomic E-state index is 0.229. The average Bonchev–Trinajstić information content (AvgIpc) is 3.34. The maximum absolute atomic E-state index is 13.0. The molecule has 208 valence electrons. The number of para-hydroxylation sites is 1. The lowest BCUT2D eigenvalue weighted by atomic mass is 9.79. The largest absolute Gasteiger partial charge is 0.466 e. The first-order valence-corrected chi connectivity index (χ1v) is 13.5. The highest BCUT2D eigenvalue weighted by molar-refractivity contribution is 7.16. The number of benzene rings is 2. The first-order chi connectivity index (χ1) is 19.3. The van der Waals surface area contributed by atoms with Gasteiger partial charge in [0.2, 0.25) is 0 Å². The van der Waals surface area contributed by atoms with Crippen molar-refractivity contribution in [2.75, 3.05) is 26.1 Å². The topological polar surface area (TPSA) is 116 Å². The van der Waals surface area contributed by atoms with Crippen molar-refractivity contribution in [3.05, 3.63) is 98.8 Å². The monoisotopic (exact) mass is 561 g/mol. The Kier molecular flexibility index (Phi) is 9.00. The zero-order valence-electron chi connectivity index (χ0n) is 23.0. The molecule has 9 nitrogen and oxygen atoms in total. The Balaban J connectivity index is 1.80. The summed E-state index contributed by atoms with van der Waals surface area (Å²) in [5, 5.41) is 6.91. The van der Waals surface area contributed by atoms with Crippen LogP contribution in [0.4, 0.5) is 10.8 Å². The van der Waals surface area contributed by atoms with Crippen molar-refractivity contribution in [1.82, 2.24) is 10.3 Å². The molecule has 2 heterocycles. The highest BCUT2D eigenvalue weighted by Crippen LogP contribution is 2.43. The van der Waals surface area contributed by atoms with Crippen LogP contribution in [0.3, 0.4) is 0 Å². The van der Waals surface area contributed by atoms with Crippen LogP contribution in [0.25, 0.3) is 0 Å². The van der Waals surface area contributed by atoms with E-state index < -0.39 is 23.8 Å². The number of esters is 3. The smallest absolute Gasteiger partial charge is 0.358 e. The third-order valence-corrected chi connectivity index (χ3v) is 7.43. The molecule has 0 saturated carbocycles. The third-order valence-electron chi connectivity index (χ3n) is 6.46. The Bertz CT molecular complexity index is 1450. The molecule has 0 atom stereocenters. The van der Waals surface area contributed by atoms with Gasteiger partial charge in [-0.3, -0.25) is 0 Å². The summed E-state index contributed by atoms with van der Waals surface area (Å²) in [5.41, 5.74) is 4.24. The predicted octanol–water partition coefficient (Wildman–Crippen LogP) is 5.24. The number of dihydropyridines is 1. The van der Waals surface area contributed by atoms with E-state index in [0.717, 1.165) is 10.4 Å². The molecule has 0 fully saturated rings. The second kappa shape index (κ2) is 12.6. The van der Waals surface area contributed by atoms with Crippen LogP contribution in [-0.2, 0) is 30.2 Å². The number of carbonyl (C=O) groups excluding carboxylic acids is 3. The van der Waals surface area contributed by atoms with Crippen LogP contribution in [-0.4, -0.2) is 43.7 Å². The molecule has 0 spiro atoms. The van der Waals surface area contributed by atoms with E-state index in [0.29, 0.717) is 45.3 Å². The molecule has 1 aromatic heterocycles. The van der Waals surface area contributed by atoms with Crippen molar-refractivity contribution in [2.45, 2.75) is 33.1 Å². The van der Waals surface area contributed by atoms with Gasteiger partial charge in [0.1, 0.15) is 0 Å². The van der Waals surface area contributed by atoms with Gasteiger partial charge in [-0.05, 0) is 38.0 Å². The second-order valence-corrected chi connectivity index (χ2v) is 10.1. The van der Waals surface area contributed by atoms with Crippen molar-refractivity contribution < 1.29 is 28.6 Å². The molecule has 3 aromatic rings. The molecule has 10 heteroatoms. The molecule has 2 aromatic carbocycles. The molecule has 1 aliphatic heterocycles. The molecule has 1 aliphatic rings. The zero-order chi connectivity index (χ0) is 28.8. The number of nitrogens with one attached hydrogen (secondary N) is 2. The standard InChI is InChI=1S/C30H31N3O6S/c1-6-39-29(36)26-22(16-19-12-8-7-9-13-19)40-30(33-26)32-21-15-11-10-14-20(21)25-23(27(34)37-4)17(2)31-18(3)24(25)28(35)38-5/h7-15,25,31H,6,16H2,1-5H3,(H,32,33). The summed E-state index contributed by atoms with van der Waals surface area (Å²) in [6.45, 7) is 5.50. The van der Waals surface area contributed by atoms with Crippen molar-refractivity contribution in [2.24, 2.45) is 0 Å².